The van der Waals surface area contributed by atoms with Gasteiger partial charge in [0.1, 0.15) is 12.1 Å². The summed E-state index contributed by atoms with van der Waals surface area (Å²) < 4.78 is 5.10. The molecule has 1 saturated heterocycles. The SMILES string of the molecule is O=C(NC1CC(c2cc(N3CC[C@H](O)C3)ncn2)C1)c1ccco1. The van der Waals surface area contributed by atoms with E-state index in [0.29, 0.717) is 18.2 Å². The van der Waals surface area contributed by atoms with Crippen molar-refractivity contribution >= 4 is 11.7 Å². The highest BCUT2D eigenvalue weighted by atomic mass is 16.3. The molecule has 126 valence electrons. The Labute approximate surface area is 139 Å². The number of nitrogens with zero attached hydrogens (tertiary/aromatic N) is 3. The van der Waals surface area contributed by atoms with E-state index >= 15 is 0 Å². The van der Waals surface area contributed by atoms with Crippen LogP contribution in [0.2, 0.25) is 0 Å². The van der Waals surface area contributed by atoms with Gasteiger partial charge in [0.25, 0.3) is 5.91 Å². The molecule has 0 aromatic carbocycles. The number of β-amino-alcohol motifs (C(OH)–C–C–N with tert-alkyl or cyclic N) is 1. The highest BCUT2D eigenvalue weighted by molar-refractivity contribution is 5.91. The lowest BCUT2D eigenvalue weighted by Crippen LogP contribution is -2.43. The number of amides is 1. The van der Waals surface area contributed by atoms with Crippen molar-refractivity contribution in [2.24, 2.45) is 0 Å². The average Bonchev–Trinajstić information content (AvgIpc) is 3.22. The topological polar surface area (TPSA) is 91.5 Å². The average molecular weight is 328 g/mol. The van der Waals surface area contributed by atoms with Gasteiger partial charge in [-0.2, -0.15) is 0 Å². The Balaban J connectivity index is 1.34. The van der Waals surface area contributed by atoms with Crippen molar-refractivity contribution in [1.82, 2.24) is 15.3 Å². The zero-order chi connectivity index (χ0) is 16.5. The first kappa shape index (κ1) is 15.1. The van der Waals surface area contributed by atoms with Gasteiger partial charge in [0.05, 0.1) is 12.4 Å². The number of aromatic nitrogens is 2. The molecule has 3 heterocycles. The van der Waals surface area contributed by atoms with Gasteiger partial charge in [-0.05, 0) is 31.4 Å². The van der Waals surface area contributed by atoms with E-state index in [4.69, 9.17) is 4.42 Å². The maximum atomic E-state index is 12.0. The fourth-order valence-corrected chi connectivity index (χ4v) is 3.35. The number of aliphatic hydroxyl groups is 1. The summed E-state index contributed by atoms with van der Waals surface area (Å²) in [7, 11) is 0. The van der Waals surface area contributed by atoms with Crippen molar-refractivity contribution in [3.05, 3.63) is 42.2 Å². The molecule has 1 saturated carbocycles. The molecule has 4 rings (SSSR count). The Morgan fingerprint density at radius 3 is 2.96 bits per heavy atom. The van der Waals surface area contributed by atoms with Crippen LogP contribution in [0.15, 0.2) is 35.2 Å². The van der Waals surface area contributed by atoms with Crippen LogP contribution in [0.25, 0.3) is 0 Å². The number of nitrogens with one attached hydrogen (secondary N) is 1. The predicted octanol–water partition coefficient (Wildman–Crippen LogP) is 1.32. The number of aliphatic hydroxyl groups excluding tert-OH is 1. The molecule has 2 aliphatic rings. The van der Waals surface area contributed by atoms with Crippen LogP contribution in [-0.4, -0.2) is 46.2 Å². The van der Waals surface area contributed by atoms with E-state index < -0.39 is 0 Å². The molecular formula is C17H20N4O3. The molecule has 7 nitrogen and oxygen atoms in total. The van der Waals surface area contributed by atoms with E-state index in [1.807, 2.05) is 6.07 Å². The van der Waals surface area contributed by atoms with Crippen LogP contribution in [0.4, 0.5) is 5.82 Å². The Morgan fingerprint density at radius 1 is 1.38 bits per heavy atom. The molecule has 2 aromatic rings. The third-order valence-corrected chi connectivity index (χ3v) is 4.80. The molecule has 2 N–H and O–H groups in total. The summed E-state index contributed by atoms with van der Waals surface area (Å²) in [4.78, 5) is 22.7. The van der Waals surface area contributed by atoms with E-state index in [2.05, 4.69) is 20.2 Å². The van der Waals surface area contributed by atoms with Gasteiger partial charge in [-0.15, -0.1) is 0 Å². The molecule has 1 amide bonds. The summed E-state index contributed by atoms with van der Waals surface area (Å²) in [5, 5.41) is 12.6. The molecule has 24 heavy (non-hydrogen) atoms. The first-order valence-electron chi connectivity index (χ1n) is 8.28. The maximum Gasteiger partial charge on any atom is 0.287 e. The minimum absolute atomic E-state index is 0.152. The Bertz CT molecular complexity index is 712. The number of rotatable bonds is 4. The molecule has 0 radical (unpaired) electrons. The second-order valence-electron chi connectivity index (χ2n) is 6.51. The summed E-state index contributed by atoms with van der Waals surface area (Å²) in [5.41, 5.74) is 1.00. The van der Waals surface area contributed by atoms with Crippen LogP contribution in [0, 0.1) is 0 Å². The van der Waals surface area contributed by atoms with Crippen LogP contribution in [0.3, 0.4) is 0 Å². The largest absolute Gasteiger partial charge is 0.459 e. The van der Waals surface area contributed by atoms with Crippen molar-refractivity contribution in [1.29, 1.82) is 0 Å². The van der Waals surface area contributed by atoms with E-state index in [1.54, 1.807) is 18.5 Å². The molecule has 2 aromatic heterocycles. The van der Waals surface area contributed by atoms with Gasteiger partial charge in [-0.1, -0.05) is 0 Å². The maximum absolute atomic E-state index is 12.0. The van der Waals surface area contributed by atoms with E-state index in [9.17, 15) is 9.90 Å². The summed E-state index contributed by atoms with van der Waals surface area (Å²) in [6.45, 7) is 1.45. The normalized spacial score (nSPS) is 26.2. The molecule has 1 aliphatic carbocycles. The van der Waals surface area contributed by atoms with Crippen LogP contribution >= 0.6 is 0 Å². The summed E-state index contributed by atoms with van der Waals surface area (Å²) in [6.07, 6.45) is 5.33. The van der Waals surface area contributed by atoms with E-state index in [0.717, 1.165) is 37.3 Å². The second kappa shape index (κ2) is 6.24. The van der Waals surface area contributed by atoms with Crippen LogP contribution in [-0.2, 0) is 0 Å². The minimum Gasteiger partial charge on any atom is -0.459 e. The smallest absolute Gasteiger partial charge is 0.287 e. The van der Waals surface area contributed by atoms with Crippen molar-refractivity contribution < 1.29 is 14.3 Å². The number of furan rings is 1. The summed E-state index contributed by atoms with van der Waals surface area (Å²) in [5.74, 6) is 1.38. The lowest BCUT2D eigenvalue weighted by atomic mass is 9.78. The zero-order valence-corrected chi connectivity index (χ0v) is 13.3. The number of hydrogen-bond acceptors (Lipinski definition) is 6. The second-order valence-corrected chi connectivity index (χ2v) is 6.51. The fraction of sp³-hybridized carbons (Fsp3) is 0.471. The molecule has 7 heteroatoms. The van der Waals surface area contributed by atoms with E-state index in [-0.39, 0.29) is 18.1 Å². The van der Waals surface area contributed by atoms with Crippen LogP contribution in [0.1, 0.15) is 41.4 Å². The molecule has 2 fully saturated rings. The zero-order valence-electron chi connectivity index (χ0n) is 13.3. The predicted molar refractivity (Wildman–Crippen MR) is 86.8 cm³/mol. The van der Waals surface area contributed by atoms with Gasteiger partial charge in [-0.3, -0.25) is 4.79 Å². The van der Waals surface area contributed by atoms with Gasteiger partial charge in [0.15, 0.2) is 5.76 Å². The fourth-order valence-electron chi connectivity index (χ4n) is 3.35. The third kappa shape index (κ3) is 2.99. The Kier molecular flexibility index (Phi) is 3.93. The van der Waals surface area contributed by atoms with Crippen molar-refractivity contribution in [2.75, 3.05) is 18.0 Å². The monoisotopic (exact) mass is 328 g/mol. The number of carbonyl (C=O) groups is 1. The quantitative estimate of drug-likeness (QED) is 0.879. The van der Waals surface area contributed by atoms with Crippen LogP contribution in [0.5, 0.6) is 0 Å². The first-order chi connectivity index (χ1) is 11.7. The lowest BCUT2D eigenvalue weighted by Gasteiger charge is -2.35. The highest BCUT2D eigenvalue weighted by Crippen LogP contribution is 2.37. The Hall–Kier alpha value is -2.41. The third-order valence-electron chi connectivity index (χ3n) is 4.80. The molecule has 0 unspecified atom stereocenters. The molecular weight excluding hydrogens is 308 g/mol. The number of anilines is 1. The highest BCUT2D eigenvalue weighted by Gasteiger charge is 2.33. The molecule has 1 atom stereocenters. The van der Waals surface area contributed by atoms with Gasteiger partial charge < -0.3 is 19.7 Å². The van der Waals surface area contributed by atoms with Gasteiger partial charge in [0, 0.05) is 36.8 Å². The van der Waals surface area contributed by atoms with E-state index in [1.165, 1.54) is 6.26 Å². The molecule has 1 aliphatic heterocycles. The minimum atomic E-state index is -0.270. The number of carbonyl (C=O) groups excluding carboxylic acids is 1. The standard InChI is InChI=1S/C17H20N4O3/c22-13-3-4-21(9-13)16-8-14(18-10-19-16)11-6-12(7-11)20-17(23)15-2-1-5-24-15/h1-2,5,8,10-13,22H,3-4,6-7,9H2,(H,20,23)/t11?,12?,13-/m0/s1. The van der Waals surface area contributed by atoms with Crippen molar-refractivity contribution in [3.8, 4) is 0 Å². The first-order valence-corrected chi connectivity index (χ1v) is 8.28. The van der Waals surface area contributed by atoms with Gasteiger partial charge >= 0.3 is 0 Å². The van der Waals surface area contributed by atoms with Gasteiger partial charge in [0.2, 0.25) is 0 Å². The number of hydrogen-bond donors (Lipinski definition) is 2. The summed E-state index contributed by atoms with van der Waals surface area (Å²) >= 11 is 0. The Morgan fingerprint density at radius 2 is 2.25 bits per heavy atom. The van der Waals surface area contributed by atoms with Crippen molar-refractivity contribution in [2.45, 2.75) is 37.3 Å². The summed E-state index contributed by atoms with van der Waals surface area (Å²) in [6, 6.07) is 5.52. The van der Waals surface area contributed by atoms with Crippen LogP contribution < -0.4 is 10.2 Å². The molecule has 0 spiro atoms. The van der Waals surface area contributed by atoms with Gasteiger partial charge in [-0.25, -0.2) is 9.97 Å². The molecule has 0 bridgehead atoms. The van der Waals surface area contributed by atoms with Crippen molar-refractivity contribution in [3.63, 3.8) is 0 Å². The lowest BCUT2D eigenvalue weighted by molar-refractivity contribution is 0.0880.